The number of aryl methyl sites for hydroxylation is 1. The maximum atomic E-state index is 14.1. The zero-order valence-electron chi connectivity index (χ0n) is 15.6. The maximum Gasteiger partial charge on any atom is 0.303 e. The lowest BCUT2D eigenvalue weighted by molar-refractivity contribution is -0.136. The Labute approximate surface area is 165 Å². The van der Waals surface area contributed by atoms with Crippen molar-refractivity contribution in [2.24, 2.45) is 0 Å². The van der Waals surface area contributed by atoms with Crippen LogP contribution in [0.1, 0.15) is 17.5 Å². The molecule has 0 amide bonds. The molecule has 1 aromatic heterocycles. The van der Waals surface area contributed by atoms with Crippen LogP contribution >= 0.6 is 0 Å². The number of hydrogen-bond acceptors (Lipinski definition) is 5. The van der Waals surface area contributed by atoms with Crippen LogP contribution in [0.5, 0.6) is 11.6 Å². The smallest absolute Gasteiger partial charge is 0.303 e. The molecule has 29 heavy (non-hydrogen) atoms. The number of methoxy groups -OCH3 is 1. The van der Waals surface area contributed by atoms with E-state index in [-0.39, 0.29) is 36.6 Å². The van der Waals surface area contributed by atoms with E-state index in [2.05, 4.69) is 9.97 Å². The van der Waals surface area contributed by atoms with Crippen molar-refractivity contribution in [2.75, 3.05) is 7.11 Å². The van der Waals surface area contributed by atoms with E-state index in [0.29, 0.717) is 16.9 Å². The van der Waals surface area contributed by atoms with E-state index < -0.39 is 17.6 Å². The first-order valence-corrected chi connectivity index (χ1v) is 8.74. The fraction of sp³-hybridized carbons (Fsp3) is 0.190. The van der Waals surface area contributed by atoms with E-state index in [1.165, 1.54) is 49.8 Å². The Hall–Kier alpha value is -3.55. The number of carboxylic acids is 1. The Morgan fingerprint density at radius 1 is 1.10 bits per heavy atom. The Bertz CT molecular complexity index is 1030. The molecule has 0 saturated heterocycles. The number of ether oxygens (including phenoxy) is 2. The molecule has 0 aliphatic carbocycles. The number of carboxylic acid groups (broad SMARTS) is 1. The fourth-order valence-electron chi connectivity index (χ4n) is 2.66. The third-order valence-corrected chi connectivity index (χ3v) is 4.17. The van der Waals surface area contributed by atoms with Crippen molar-refractivity contribution >= 4 is 5.97 Å². The van der Waals surface area contributed by atoms with Crippen LogP contribution in [0, 0.1) is 11.6 Å². The van der Waals surface area contributed by atoms with Crippen molar-refractivity contribution in [1.29, 1.82) is 0 Å². The van der Waals surface area contributed by atoms with Gasteiger partial charge in [0, 0.05) is 12.0 Å². The second-order valence-electron chi connectivity index (χ2n) is 6.20. The summed E-state index contributed by atoms with van der Waals surface area (Å²) in [6.45, 7) is 0.0227. The van der Waals surface area contributed by atoms with Crippen LogP contribution in [-0.2, 0) is 17.8 Å². The van der Waals surface area contributed by atoms with Crippen LogP contribution < -0.4 is 9.47 Å². The van der Waals surface area contributed by atoms with Gasteiger partial charge in [-0.1, -0.05) is 12.1 Å². The number of hydrogen-bond donors (Lipinski definition) is 1. The Morgan fingerprint density at radius 3 is 2.66 bits per heavy atom. The van der Waals surface area contributed by atoms with Gasteiger partial charge in [-0.2, -0.15) is 0 Å². The van der Waals surface area contributed by atoms with Gasteiger partial charge in [0.25, 0.3) is 0 Å². The van der Waals surface area contributed by atoms with Gasteiger partial charge in [0.1, 0.15) is 24.0 Å². The van der Waals surface area contributed by atoms with Gasteiger partial charge in [-0.15, -0.1) is 0 Å². The lowest BCUT2D eigenvalue weighted by atomic mass is 10.1. The number of rotatable bonds is 8. The van der Waals surface area contributed by atoms with Crippen LogP contribution in [0.15, 0.2) is 48.8 Å². The highest BCUT2D eigenvalue weighted by Crippen LogP contribution is 2.26. The van der Waals surface area contributed by atoms with Crippen LogP contribution in [0.3, 0.4) is 0 Å². The van der Waals surface area contributed by atoms with Crippen molar-refractivity contribution in [3.8, 4) is 22.9 Å². The fourth-order valence-corrected chi connectivity index (χ4v) is 2.66. The van der Waals surface area contributed by atoms with E-state index >= 15 is 0 Å². The van der Waals surface area contributed by atoms with Gasteiger partial charge < -0.3 is 14.6 Å². The normalized spacial score (nSPS) is 10.6. The summed E-state index contributed by atoms with van der Waals surface area (Å²) in [7, 11) is 1.48. The molecular formula is C21H18F2N2O4. The van der Waals surface area contributed by atoms with Gasteiger partial charge in [0.05, 0.1) is 25.2 Å². The molecule has 2 aromatic carbocycles. The highest BCUT2D eigenvalue weighted by Gasteiger charge is 2.11. The minimum Gasteiger partial charge on any atom is -0.497 e. The molecule has 6 nitrogen and oxygen atoms in total. The summed E-state index contributed by atoms with van der Waals surface area (Å²) in [6.07, 6.45) is 2.75. The van der Waals surface area contributed by atoms with Gasteiger partial charge in [-0.25, -0.2) is 13.8 Å². The summed E-state index contributed by atoms with van der Waals surface area (Å²) < 4.78 is 38.9. The summed E-state index contributed by atoms with van der Waals surface area (Å²) in [5, 5.41) is 8.70. The molecule has 0 radical (unpaired) electrons. The largest absolute Gasteiger partial charge is 0.497 e. The molecule has 0 unspecified atom stereocenters. The summed E-state index contributed by atoms with van der Waals surface area (Å²) in [5.41, 5.74) is 1.36. The van der Waals surface area contributed by atoms with E-state index in [0.717, 1.165) is 0 Å². The summed E-state index contributed by atoms with van der Waals surface area (Å²) in [6, 6.07) is 8.76. The van der Waals surface area contributed by atoms with E-state index in [1.807, 2.05) is 0 Å². The van der Waals surface area contributed by atoms with Gasteiger partial charge in [0.2, 0.25) is 5.88 Å². The third kappa shape index (κ3) is 5.25. The number of benzene rings is 2. The minimum atomic E-state index is -0.984. The number of halogens is 2. The molecule has 0 fully saturated rings. The predicted molar refractivity (Wildman–Crippen MR) is 101 cm³/mol. The molecule has 150 valence electrons. The van der Waals surface area contributed by atoms with E-state index in [4.69, 9.17) is 14.6 Å². The summed E-state index contributed by atoms with van der Waals surface area (Å²) >= 11 is 0. The van der Waals surface area contributed by atoms with Crippen molar-refractivity contribution in [1.82, 2.24) is 9.97 Å². The molecule has 0 atom stereocenters. The molecule has 0 bridgehead atoms. The second kappa shape index (κ2) is 9.09. The Balaban J connectivity index is 1.71. The molecule has 3 aromatic rings. The Morgan fingerprint density at radius 2 is 1.93 bits per heavy atom. The Kier molecular flexibility index (Phi) is 6.33. The standard InChI is InChI=1S/C21H18F2N2O4/c1-28-15-5-6-17(22)16(9-15)19-10-24-11-20(25-19)29-12-13-2-3-14(18(23)8-13)4-7-21(26)27/h2-3,5-6,8-11H,4,7,12H2,1H3,(H,26,27). The van der Waals surface area contributed by atoms with Gasteiger partial charge in [-0.05, 0) is 41.8 Å². The van der Waals surface area contributed by atoms with Crippen molar-refractivity contribution in [3.63, 3.8) is 0 Å². The third-order valence-electron chi connectivity index (χ3n) is 4.17. The predicted octanol–water partition coefficient (Wildman–Crippen LogP) is 4.03. The molecule has 1 heterocycles. The minimum absolute atomic E-state index is 0.0227. The summed E-state index contributed by atoms with van der Waals surface area (Å²) in [4.78, 5) is 18.9. The molecule has 0 saturated carbocycles. The van der Waals surface area contributed by atoms with Crippen LogP contribution in [0.25, 0.3) is 11.3 Å². The number of aliphatic carboxylic acids is 1. The van der Waals surface area contributed by atoms with Crippen molar-refractivity contribution in [3.05, 3.63) is 71.6 Å². The zero-order valence-corrected chi connectivity index (χ0v) is 15.6. The van der Waals surface area contributed by atoms with Crippen molar-refractivity contribution in [2.45, 2.75) is 19.4 Å². The highest BCUT2D eigenvalue weighted by atomic mass is 19.1. The highest BCUT2D eigenvalue weighted by molar-refractivity contribution is 5.67. The maximum absolute atomic E-state index is 14.1. The quantitative estimate of drug-likeness (QED) is 0.615. The second-order valence-corrected chi connectivity index (χ2v) is 6.20. The molecular weight excluding hydrogens is 382 g/mol. The number of carbonyl (C=O) groups is 1. The van der Waals surface area contributed by atoms with Gasteiger partial charge in [-0.3, -0.25) is 9.78 Å². The van der Waals surface area contributed by atoms with Crippen LogP contribution in [0.4, 0.5) is 8.78 Å². The van der Waals surface area contributed by atoms with Crippen molar-refractivity contribution < 1.29 is 28.2 Å². The first-order chi connectivity index (χ1) is 14.0. The molecule has 8 heteroatoms. The van der Waals surface area contributed by atoms with Crippen LogP contribution in [-0.4, -0.2) is 28.2 Å². The molecule has 0 spiro atoms. The van der Waals surface area contributed by atoms with Crippen LogP contribution in [0.2, 0.25) is 0 Å². The SMILES string of the molecule is COc1ccc(F)c(-c2cncc(OCc3ccc(CCC(=O)O)c(F)c3)n2)c1. The molecule has 0 aliphatic rings. The van der Waals surface area contributed by atoms with E-state index in [9.17, 15) is 13.6 Å². The average molecular weight is 400 g/mol. The lowest BCUT2D eigenvalue weighted by Crippen LogP contribution is -2.02. The number of aromatic nitrogens is 2. The van der Waals surface area contributed by atoms with E-state index in [1.54, 1.807) is 6.07 Å². The first kappa shape index (κ1) is 20.2. The molecule has 1 N–H and O–H groups in total. The zero-order chi connectivity index (χ0) is 20.8. The topological polar surface area (TPSA) is 81.5 Å². The lowest BCUT2D eigenvalue weighted by Gasteiger charge is -2.09. The van der Waals surface area contributed by atoms with Gasteiger partial charge in [0.15, 0.2) is 0 Å². The number of nitrogens with zero attached hydrogens (tertiary/aromatic N) is 2. The molecule has 3 rings (SSSR count). The monoisotopic (exact) mass is 400 g/mol. The summed E-state index contributed by atoms with van der Waals surface area (Å²) in [5.74, 6) is -1.32. The first-order valence-electron chi connectivity index (χ1n) is 8.74. The average Bonchev–Trinajstić information content (AvgIpc) is 2.72. The molecule has 0 aliphatic heterocycles. The van der Waals surface area contributed by atoms with Gasteiger partial charge >= 0.3 is 5.97 Å².